The molecule has 0 aromatic heterocycles. The molecule has 0 bridgehead atoms. The smallest absolute Gasteiger partial charge is 0.302 e. The summed E-state index contributed by atoms with van der Waals surface area (Å²) >= 11 is 0. The minimum Gasteiger partial charge on any atom is -0.302 e. The second kappa shape index (κ2) is 21.4. The molecule has 27 heavy (non-hydrogen) atoms. The molecule has 171 valence electrons. The molecule has 0 spiro atoms. The van der Waals surface area contributed by atoms with Crippen LogP contribution in [0.4, 0.5) is 0 Å². The molecule has 10 nitrogen and oxygen atoms in total. The van der Waals surface area contributed by atoms with Crippen molar-refractivity contribution in [2.45, 2.75) is 53.4 Å². The Morgan fingerprint density at radius 3 is 0.704 bits per heavy atom. The van der Waals surface area contributed by atoms with Gasteiger partial charge in [-0.1, -0.05) is 27.7 Å². The van der Waals surface area contributed by atoms with Crippen LogP contribution in [0.5, 0.6) is 0 Å². The van der Waals surface area contributed by atoms with Crippen molar-refractivity contribution in [3.8, 4) is 0 Å². The molecule has 0 N–H and O–H groups in total. The van der Waals surface area contributed by atoms with E-state index in [0.717, 1.165) is 0 Å². The molecule has 0 aliphatic heterocycles. The van der Waals surface area contributed by atoms with Crippen LogP contribution in [0.25, 0.3) is 0 Å². The van der Waals surface area contributed by atoms with E-state index in [2.05, 4.69) is 37.5 Å². The summed E-state index contributed by atoms with van der Waals surface area (Å²) in [5.41, 5.74) is 0. The molecule has 0 aliphatic rings. The third-order valence-corrected chi connectivity index (χ3v) is 2.89. The second-order valence-electron chi connectivity index (χ2n) is 5.44. The molecule has 1 radical (unpaired) electrons. The van der Waals surface area contributed by atoms with Crippen LogP contribution in [0, 0.1) is 20.5 Å². The Morgan fingerprint density at radius 1 is 0.444 bits per heavy atom. The van der Waals surface area contributed by atoms with Gasteiger partial charge in [0.2, 0.25) is 0 Å². The van der Waals surface area contributed by atoms with Crippen LogP contribution in [0.3, 0.4) is 0 Å². The maximum absolute atomic E-state index is 8.49. The average Bonchev–Trinajstić information content (AvgIpc) is 2.42. The van der Waals surface area contributed by atoms with Crippen LogP contribution in [0.2, 0.25) is 0 Å². The number of nitrogens with zero attached hydrogens (tertiary/aromatic N) is 2. The van der Waals surface area contributed by atoms with Gasteiger partial charge in [-0.25, -0.2) is 37.3 Å². The molecular formula is C14H32Cl2CuN2O8. The first-order valence-corrected chi connectivity index (χ1v) is 10.9. The van der Waals surface area contributed by atoms with Crippen molar-refractivity contribution in [1.29, 1.82) is 0 Å². The van der Waals surface area contributed by atoms with Gasteiger partial charge in [0.1, 0.15) is 0 Å². The minimum absolute atomic E-state index is 0. The van der Waals surface area contributed by atoms with Gasteiger partial charge in [-0.05, 0) is 51.9 Å². The molecule has 0 aromatic carbocycles. The third kappa shape index (κ3) is 52.0. The van der Waals surface area contributed by atoms with Crippen molar-refractivity contribution < 1.29 is 74.8 Å². The SMILES string of the molecule is CCCN(CCC)CCN(CCC)CCC.[Cu+2].[O-][Cl+3]([O-])([O-])[O-].[O-][Cl+3]([O-])([O-])[O-]. The van der Waals surface area contributed by atoms with E-state index in [-0.39, 0.29) is 17.1 Å². The first kappa shape index (κ1) is 35.2. The van der Waals surface area contributed by atoms with Crippen LogP contribution in [-0.4, -0.2) is 49.1 Å². The van der Waals surface area contributed by atoms with Gasteiger partial charge in [0.05, 0.1) is 0 Å². The zero-order chi connectivity index (χ0) is 21.2. The summed E-state index contributed by atoms with van der Waals surface area (Å²) in [6.07, 6.45) is 5.12. The quantitative estimate of drug-likeness (QED) is 0.251. The van der Waals surface area contributed by atoms with Crippen molar-refractivity contribution in [2.75, 3.05) is 39.3 Å². The number of halogens is 2. The van der Waals surface area contributed by atoms with Gasteiger partial charge in [-0.15, -0.1) is 20.5 Å². The molecule has 0 saturated heterocycles. The van der Waals surface area contributed by atoms with E-state index in [1.807, 2.05) is 0 Å². The van der Waals surface area contributed by atoms with Gasteiger partial charge < -0.3 is 9.80 Å². The summed E-state index contributed by atoms with van der Waals surface area (Å²) in [6, 6.07) is 0. The molecule has 0 unspecified atom stereocenters. The van der Waals surface area contributed by atoms with Crippen LogP contribution in [0.15, 0.2) is 0 Å². The monoisotopic (exact) mass is 489 g/mol. The normalized spacial score (nSPS) is 11.3. The van der Waals surface area contributed by atoms with E-state index in [1.165, 1.54) is 65.0 Å². The van der Waals surface area contributed by atoms with Gasteiger partial charge in [-0.3, -0.25) is 0 Å². The largest absolute Gasteiger partial charge is 2.00 e. The molecule has 0 saturated carbocycles. The van der Waals surface area contributed by atoms with Gasteiger partial charge in [0.25, 0.3) is 0 Å². The summed E-state index contributed by atoms with van der Waals surface area (Å²) in [6.45, 7) is 16.7. The predicted octanol–water partition coefficient (Wildman–Crippen LogP) is -6.28. The van der Waals surface area contributed by atoms with Crippen LogP contribution >= 0.6 is 0 Å². The summed E-state index contributed by atoms with van der Waals surface area (Å²) in [4.78, 5) is 5.22. The molecule has 0 heterocycles. The standard InChI is InChI=1S/C14H32N2.2ClHO4.Cu/c1-5-9-15(10-6-2)13-14-16(11-7-3)12-8-4;2*2-1(3,4)5;/h5-14H2,1-4H3;2*(H,2,3,4,5);/q;;;+2/p-2. The minimum atomic E-state index is -4.94. The zero-order valence-electron chi connectivity index (χ0n) is 16.3. The predicted molar refractivity (Wildman–Crippen MR) is 74.0 cm³/mol. The van der Waals surface area contributed by atoms with E-state index < -0.39 is 20.5 Å². The average molecular weight is 491 g/mol. The third-order valence-electron chi connectivity index (χ3n) is 2.89. The molecular weight excluding hydrogens is 459 g/mol. The van der Waals surface area contributed by atoms with Crippen molar-refractivity contribution in [2.24, 2.45) is 0 Å². The fraction of sp³-hybridized carbons (Fsp3) is 1.00. The molecule has 0 fully saturated rings. The Labute approximate surface area is 177 Å². The molecule has 0 aromatic rings. The summed E-state index contributed by atoms with van der Waals surface area (Å²) < 4.78 is 67.9. The van der Waals surface area contributed by atoms with Crippen LogP contribution in [-0.2, 0) is 17.1 Å². The zero-order valence-corrected chi connectivity index (χ0v) is 18.7. The Morgan fingerprint density at radius 2 is 0.593 bits per heavy atom. The first-order valence-electron chi connectivity index (χ1n) is 8.46. The number of hydrogen-bond acceptors (Lipinski definition) is 10. The summed E-state index contributed by atoms with van der Waals surface area (Å²) in [5.74, 6) is 0. The van der Waals surface area contributed by atoms with E-state index in [0.29, 0.717) is 0 Å². The Balaban J connectivity index is -0.000000199. The van der Waals surface area contributed by atoms with Crippen LogP contribution in [0.1, 0.15) is 53.4 Å². The fourth-order valence-corrected chi connectivity index (χ4v) is 2.22. The fourth-order valence-electron chi connectivity index (χ4n) is 2.22. The first-order chi connectivity index (χ1) is 11.8. The van der Waals surface area contributed by atoms with Crippen molar-refractivity contribution in [1.82, 2.24) is 9.80 Å². The molecule has 0 atom stereocenters. The Kier molecular flexibility index (Phi) is 27.9. The van der Waals surface area contributed by atoms with E-state index >= 15 is 0 Å². The second-order valence-corrected chi connectivity index (χ2v) is 6.95. The summed E-state index contributed by atoms with van der Waals surface area (Å²) in [5, 5.41) is 0. The van der Waals surface area contributed by atoms with Gasteiger partial charge in [0, 0.05) is 13.1 Å². The Bertz CT molecular complexity index is 245. The van der Waals surface area contributed by atoms with Crippen molar-refractivity contribution >= 4 is 0 Å². The number of hydrogen-bond donors (Lipinski definition) is 0. The van der Waals surface area contributed by atoms with Gasteiger partial charge in [0.15, 0.2) is 0 Å². The van der Waals surface area contributed by atoms with Gasteiger partial charge in [-0.2, -0.15) is 0 Å². The van der Waals surface area contributed by atoms with Crippen molar-refractivity contribution in [3.05, 3.63) is 0 Å². The molecule has 0 rings (SSSR count). The van der Waals surface area contributed by atoms with E-state index in [4.69, 9.17) is 37.3 Å². The number of rotatable bonds is 11. The topological polar surface area (TPSA) is 191 Å². The summed E-state index contributed by atoms with van der Waals surface area (Å²) in [7, 11) is -9.89. The maximum Gasteiger partial charge on any atom is 2.00 e. The van der Waals surface area contributed by atoms with E-state index in [1.54, 1.807) is 0 Å². The van der Waals surface area contributed by atoms with Gasteiger partial charge >= 0.3 is 17.1 Å². The molecule has 0 amide bonds. The molecule has 0 aliphatic carbocycles. The van der Waals surface area contributed by atoms with E-state index in [9.17, 15) is 0 Å². The Hall–Kier alpha value is 0.699. The molecule has 13 heteroatoms. The van der Waals surface area contributed by atoms with Crippen molar-refractivity contribution in [3.63, 3.8) is 0 Å². The van der Waals surface area contributed by atoms with Crippen LogP contribution < -0.4 is 37.3 Å². The maximum atomic E-state index is 8.49.